The molecule has 0 amide bonds. The second-order valence-corrected chi connectivity index (χ2v) is 5.73. The van der Waals surface area contributed by atoms with E-state index < -0.39 is 29.7 Å². The van der Waals surface area contributed by atoms with E-state index in [1.165, 1.54) is 36.4 Å². The number of rotatable bonds is 4. The minimum atomic E-state index is -4.97. The number of pyridine rings is 1. The van der Waals surface area contributed by atoms with Crippen LogP contribution in [0.1, 0.15) is 0 Å². The maximum atomic E-state index is 12.7. The average Bonchev–Trinajstić information content (AvgIpc) is 2.59. The lowest BCUT2D eigenvalue weighted by Crippen LogP contribution is -2.18. The van der Waals surface area contributed by atoms with Gasteiger partial charge in [-0.3, -0.25) is 4.79 Å². The smallest absolute Gasteiger partial charge is 0.405 e. The second kappa shape index (κ2) is 7.53. The molecule has 0 fully saturated rings. The van der Waals surface area contributed by atoms with E-state index in [9.17, 15) is 31.1 Å². The number of aromatic amines is 1. The zero-order chi connectivity index (χ0) is 21.2. The molecule has 29 heavy (non-hydrogen) atoms. The Bertz CT molecular complexity index is 992. The number of hydrogen-bond acceptors (Lipinski definition) is 3. The van der Waals surface area contributed by atoms with Gasteiger partial charge in [-0.1, -0.05) is 24.3 Å². The summed E-state index contributed by atoms with van der Waals surface area (Å²) in [4.78, 5) is 14.8. The van der Waals surface area contributed by atoms with E-state index >= 15 is 0 Å². The van der Waals surface area contributed by atoms with Gasteiger partial charge < -0.3 is 14.5 Å². The molecule has 3 aromatic rings. The maximum Gasteiger partial charge on any atom is 0.573 e. The summed E-state index contributed by atoms with van der Waals surface area (Å²) in [5, 5.41) is 0. The number of benzene rings is 2. The molecular formula is C19H11F6NO3. The van der Waals surface area contributed by atoms with Crippen molar-refractivity contribution in [2.45, 2.75) is 12.7 Å². The van der Waals surface area contributed by atoms with Crippen LogP contribution in [-0.4, -0.2) is 17.7 Å². The average molecular weight is 415 g/mol. The topological polar surface area (TPSA) is 51.3 Å². The fraction of sp³-hybridized carbons (Fsp3) is 0.105. The van der Waals surface area contributed by atoms with Crippen molar-refractivity contribution in [3.05, 3.63) is 70.9 Å². The molecule has 1 heterocycles. The number of ether oxygens (including phenoxy) is 2. The van der Waals surface area contributed by atoms with Gasteiger partial charge in [0.2, 0.25) is 0 Å². The van der Waals surface area contributed by atoms with Crippen LogP contribution >= 0.6 is 0 Å². The van der Waals surface area contributed by atoms with Gasteiger partial charge in [-0.2, -0.15) is 0 Å². The van der Waals surface area contributed by atoms with Crippen molar-refractivity contribution in [2.24, 2.45) is 0 Å². The first-order chi connectivity index (χ1) is 13.5. The zero-order valence-electron chi connectivity index (χ0n) is 14.3. The van der Waals surface area contributed by atoms with Crippen molar-refractivity contribution >= 4 is 0 Å². The molecule has 0 radical (unpaired) electrons. The molecule has 4 nitrogen and oxygen atoms in total. The van der Waals surface area contributed by atoms with Gasteiger partial charge in [0, 0.05) is 23.3 Å². The number of nitrogens with one attached hydrogen (secondary N) is 1. The lowest BCUT2D eigenvalue weighted by molar-refractivity contribution is -0.275. The molecule has 0 aliphatic heterocycles. The summed E-state index contributed by atoms with van der Waals surface area (Å²) in [5.74, 6) is -1.15. The summed E-state index contributed by atoms with van der Waals surface area (Å²) in [5.41, 5.74) is -0.989. The molecule has 0 aliphatic carbocycles. The number of halogens is 6. The summed E-state index contributed by atoms with van der Waals surface area (Å²) in [6, 6.07) is 12.1. The summed E-state index contributed by atoms with van der Waals surface area (Å²) >= 11 is 0. The Hall–Kier alpha value is -3.43. The number of hydrogen-bond donors (Lipinski definition) is 1. The molecule has 0 unspecified atom stereocenters. The van der Waals surface area contributed by atoms with E-state index in [-0.39, 0.29) is 22.5 Å². The maximum absolute atomic E-state index is 12.7. The quantitative estimate of drug-likeness (QED) is 0.572. The van der Waals surface area contributed by atoms with Gasteiger partial charge in [-0.25, -0.2) is 0 Å². The molecule has 152 valence electrons. The van der Waals surface area contributed by atoms with Gasteiger partial charge in [-0.15, -0.1) is 26.3 Å². The second-order valence-electron chi connectivity index (χ2n) is 5.73. The molecular weight excluding hydrogens is 404 g/mol. The van der Waals surface area contributed by atoms with Crippen LogP contribution in [0.2, 0.25) is 0 Å². The van der Waals surface area contributed by atoms with Crippen LogP contribution in [0, 0.1) is 0 Å². The number of aromatic nitrogens is 1. The summed E-state index contributed by atoms with van der Waals surface area (Å²) in [7, 11) is 0. The lowest BCUT2D eigenvalue weighted by Gasteiger charge is -2.15. The Morgan fingerprint density at radius 1 is 0.655 bits per heavy atom. The van der Waals surface area contributed by atoms with Crippen molar-refractivity contribution in [2.75, 3.05) is 0 Å². The van der Waals surface area contributed by atoms with E-state index in [2.05, 4.69) is 14.5 Å². The molecule has 0 spiro atoms. The van der Waals surface area contributed by atoms with Crippen LogP contribution < -0.4 is 14.9 Å². The molecule has 1 N–H and O–H groups in total. The predicted molar refractivity (Wildman–Crippen MR) is 91.3 cm³/mol. The fourth-order valence-electron chi connectivity index (χ4n) is 2.64. The Balaban J connectivity index is 2.12. The summed E-state index contributed by atoms with van der Waals surface area (Å²) in [6.45, 7) is 0. The van der Waals surface area contributed by atoms with E-state index in [0.717, 1.165) is 24.3 Å². The molecule has 0 bridgehead atoms. The zero-order valence-corrected chi connectivity index (χ0v) is 14.3. The van der Waals surface area contributed by atoms with Crippen LogP contribution in [-0.2, 0) is 0 Å². The normalized spacial score (nSPS) is 11.9. The van der Waals surface area contributed by atoms with Gasteiger partial charge in [0.1, 0.15) is 11.5 Å². The molecule has 1 aromatic heterocycles. The Morgan fingerprint density at radius 2 is 1.03 bits per heavy atom. The molecule has 0 saturated heterocycles. The minimum absolute atomic E-state index is 0.0749. The minimum Gasteiger partial charge on any atom is -0.405 e. The number of alkyl halides is 6. The highest BCUT2D eigenvalue weighted by atomic mass is 19.4. The van der Waals surface area contributed by atoms with Gasteiger partial charge in [0.15, 0.2) is 5.43 Å². The van der Waals surface area contributed by atoms with E-state index in [1.807, 2.05) is 0 Å². The highest BCUT2D eigenvalue weighted by molar-refractivity contribution is 5.73. The van der Waals surface area contributed by atoms with Gasteiger partial charge in [-0.05, 0) is 24.3 Å². The number of para-hydroxylation sites is 2. The van der Waals surface area contributed by atoms with Crippen molar-refractivity contribution in [3.8, 4) is 34.0 Å². The lowest BCUT2D eigenvalue weighted by atomic mass is 10.1. The van der Waals surface area contributed by atoms with E-state index in [4.69, 9.17) is 0 Å². The first-order valence-corrected chi connectivity index (χ1v) is 7.96. The van der Waals surface area contributed by atoms with Crippen molar-refractivity contribution < 1.29 is 35.8 Å². The molecule has 10 heteroatoms. The highest BCUT2D eigenvalue weighted by Crippen LogP contribution is 2.35. The molecule has 3 rings (SSSR count). The van der Waals surface area contributed by atoms with Crippen LogP contribution in [0.25, 0.3) is 22.5 Å². The third kappa shape index (κ3) is 5.31. The monoisotopic (exact) mass is 415 g/mol. The van der Waals surface area contributed by atoms with Crippen molar-refractivity contribution in [1.29, 1.82) is 0 Å². The fourth-order valence-corrected chi connectivity index (χ4v) is 2.64. The standard InChI is InChI=1S/C19H11F6NO3/c20-18(21,22)28-16-7-3-1-5-12(16)14-9-11(27)10-15(26-14)13-6-2-4-8-17(13)29-19(23,24)25/h1-10H,(H,26,27). The van der Waals surface area contributed by atoms with Crippen LogP contribution in [0.15, 0.2) is 65.5 Å². The van der Waals surface area contributed by atoms with Gasteiger partial charge in [0.25, 0.3) is 0 Å². The highest BCUT2D eigenvalue weighted by Gasteiger charge is 2.33. The molecule has 2 aromatic carbocycles. The third-order valence-corrected chi connectivity index (χ3v) is 3.65. The Morgan fingerprint density at radius 3 is 1.41 bits per heavy atom. The SMILES string of the molecule is O=c1cc(-c2ccccc2OC(F)(F)F)[nH]c(-c2ccccc2OC(F)(F)F)c1. The summed E-state index contributed by atoms with van der Waals surface area (Å²) < 4.78 is 83.9. The number of H-pyrrole nitrogens is 1. The molecule has 0 atom stereocenters. The van der Waals surface area contributed by atoms with Crippen molar-refractivity contribution in [1.82, 2.24) is 4.98 Å². The summed E-state index contributed by atoms with van der Waals surface area (Å²) in [6.07, 6.45) is -9.94. The first kappa shape index (κ1) is 20.3. The van der Waals surface area contributed by atoms with Crippen LogP contribution in [0.4, 0.5) is 26.3 Å². The predicted octanol–water partition coefficient (Wildman–Crippen LogP) is 5.51. The van der Waals surface area contributed by atoms with Crippen LogP contribution in [0.5, 0.6) is 11.5 Å². The van der Waals surface area contributed by atoms with E-state index in [0.29, 0.717) is 0 Å². The van der Waals surface area contributed by atoms with Gasteiger partial charge >= 0.3 is 12.7 Å². The van der Waals surface area contributed by atoms with Crippen molar-refractivity contribution in [3.63, 3.8) is 0 Å². The molecule has 0 saturated carbocycles. The molecule has 0 aliphatic rings. The first-order valence-electron chi connectivity index (χ1n) is 7.96. The van der Waals surface area contributed by atoms with Gasteiger partial charge in [0.05, 0.1) is 11.4 Å². The Kier molecular flexibility index (Phi) is 5.27. The van der Waals surface area contributed by atoms with Crippen LogP contribution in [0.3, 0.4) is 0 Å². The largest absolute Gasteiger partial charge is 0.573 e. The Labute approximate surface area is 159 Å². The third-order valence-electron chi connectivity index (χ3n) is 3.65. The van der Waals surface area contributed by atoms with E-state index in [1.54, 1.807) is 0 Å².